The third kappa shape index (κ3) is 2.96. The van der Waals surface area contributed by atoms with Gasteiger partial charge in [0.1, 0.15) is 0 Å². The lowest BCUT2D eigenvalue weighted by Crippen LogP contribution is -2.44. The zero-order valence-corrected chi connectivity index (χ0v) is 10.1. The summed E-state index contributed by atoms with van der Waals surface area (Å²) in [7, 11) is 0. The summed E-state index contributed by atoms with van der Waals surface area (Å²) in [6.07, 6.45) is 2.04. The van der Waals surface area contributed by atoms with E-state index in [9.17, 15) is 4.79 Å². The van der Waals surface area contributed by atoms with Crippen molar-refractivity contribution in [3.8, 4) is 6.07 Å². The van der Waals surface area contributed by atoms with Gasteiger partial charge in [0.15, 0.2) is 5.41 Å². The molecule has 0 radical (unpaired) electrons. The Bertz CT molecular complexity index is 286. The van der Waals surface area contributed by atoms with Gasteiger partial charge in [0.2, 0.25) is 0 Å². The van der Waals surface area contributed by atoms with Crippen molar-refractivity contribution >= 4 is 5.97 Å². The van der Waals surface area contributed by atoms with E-state index in [0.717, 1.165) is 26.1 Å². The van der Waals surface area contributed by atoms with Gasteiger partial charge >= 0.3 is 5.97 Å². The maximum absolute atomic E-state index is 11.0. The van der Waals surface area contributed by atoms with Gasteiger partial charge in [0.05, 0.1) is 6.07 Å². The van der Waals surface area contributed by atoms with Gasteiger partial charge in [0.25, 0.3) is 0 Å². The molecule has 0 aromatic carbocycles. The Morgan fingerprint density at radius 3 is 2.44 bits per heavy atom. The minimum atomic E-state index is -1.13. The van der Waals surface area contributed by atoms with Crippen LogP contribution in [-0.4, -0.2) is 35.6 Å². The smallest absolute Gasteiger partial charge is 0.324 e. The zero-order chi connectivity index (χ0) is 12.2. The number of carbonyl (C=O) groups is 1. The van der Waals surface area contributed by atoms with E-state index in [2.05, 4.69) is 18.7 Å². The quantitative estimate of drug-likeness (QED) is 0.789. The monoisotopic (exact) mass is 224 g/mol. The molecule has 4 nitrogen and oxygen atoms in total. The highest BCUT2D eigenvalue weighted by atomic mass is 16.4. The number of hydrogen-bond donors (Lipinski definition) is 1. The van der Waals surface area contributed by atoms with Crippen molar-refractivity contribution in [2.75, 3.05) is 19.6 Å². The maximum atomic E-state index is 11.0. The van der Waals surface area contributed by atoms with Gasteiger partial charge in [-0.3, -0.25) is 4.79 Å². The number of rotatable bonds is 4. The lowest BCUT2D eigenvalue weighted by molar-refractivity contribution is -0.147. The molecule has 1 rings (SSSR count). The Kier molecular flexibility index (Phi) is 4.31. The molecule has 16 heavy (non-hydrogen) atoms. The summed E-state index contributed by atoms with van der Waals surface area (Å²) in [6.45, 7) is 6.83. The first-order chi connectivity index (χ1) is 7.50. The molecule has 1 saturated heterocycles. The van der Waals surface area contributed by atoms with E-state index in [0.29, 0.717) is 18.8 Å². The molecule has 0 unspecified atom stereocenters. The highest BCUT2D eigenvalue weighted by Crippen LogP contribution is 2.31. The molecule has 1 heterocycles. The Morgan fingerprint density at radius 1 is 1.50 bits per heavy atom. The Balaban J connectivity index is 2.44. The van der Waals surface area contributed by atoms with Gasteiger partial charge in [-0.15, -0.1) is 0 Å². The van der Waals surface area contributed by atoms with Gasteiger partial charge in [-0.2, -0.15) is 5.26 Å². The lowest BCUT2D eigenvalue weighted by Gasteiger charge is -2.34. The fourth-order valence-electron chi connectivity index (χ4n) is 1.97. The number of nitrogens with zero attached hydrogens (tertiary/aromatic N) is 2. The van der Waals surface area contributed by atoms with Crippen molar-refractivity contribution in [3.05, 3.63) is 0 Å². The van der Waals surface area contributed by atoms with Crippen molar-refractivity contribution in [1.82, 2.24) is 4.90 Å². The molecule has 1 fully saturated rings. The third-order valence-electron chi connectivity index (χ3n) is 3.36. The van der Waals surface area contributed by atoms with E-state index in [1.54, 1.807) is 0 Å². The van der Waals surface area contributed by atoms with Crippen LogP contribution in [0.2, 0.25) is 0 Å². The summed E-state index contributed by atoms with van der Waals surface area (Å²) in [5.74, 6) is -0.291. The normalized spacial score (nSPS) is 20.6. The fraction of sp³-hybridized carbons (Fsp3) is 0.833. The second-order valence-corrected chi connectivity index (χ2v) is 5.02. The SMILES string of the molecule is CC(C)CCN1CCC(C#N)(C(=O)O)CC1. The van der Waals surface area contributed by atoms with Crippen molar-refractivity contribution in [3.63, 3.8) is 0 Å². The van der Waals surface area contributed by atoms with Crippen LogP contribution in [0, 0.1) is 22.7 Å². The second-order valence-electron chi connectivity index (χ2n) is 5.02. The standard InChI is InChI=1S/C12H20N2O2/c1-10(2)3-6-14-7-4-12(9-13,5-8-14)11(15)16/h10H,3-8H2,1-2H3,(H,15,16). The van der Waals surface area contributed by atoms with Crippen LogP contribution >= 0.6 is 0 Å². The predicted octanol–water partition coefficient (Wildman–Crippen LogP) is 1.72. The van der Waals surface area contributed by atoms with Crippen LogP contribution in [0.1, 0.15) is 33.1 Å². The van der Waals surface area contributed by atoms with Crippen molar-refractivity contribution < 1.29 is 9.90 Å². The molecule has 0 atom stereocenters. The molecule has 0 amide bonds. The predicted molar refractivity (Wildman–Crippen MR) is 60.8 cm³/mol. The number of carboxylic acids is 1. The van der Waals surface area contributed by atoms with E-state index in [4.69, 9.17) is 10.4 Å². The molecule has 1 aliphatic heterocycles. The topological polar surface area (TPSA) is 64.3 Å². The molecule has 0 saturated carbocycles. The van der Waals surface area contributed by atoms with Gasteiger partial charge in [-0.25, -0.2) is 0 Å². The molecule has 4 heteroatoms. The van der Waals surface area contributed by atoms with Crippen LogP contribution in [0.25, 0.3) is 0 Å². The minimum absolute atomic E-state index is 0.455. The lowest BCUT2D eigenvalue weighted by atomic mass is 9.80. The molecular formula is C12H20N2O2. The average Bonchev–Trinajstić information content (AvgIpc) is 2.26. The van der Waals surface area contributed by atoms with Crippen LogP contribution in [0.15, 0.2) is 0 Å². The number of hydrogen-bond acceptors (Lipinski definition) is 3. The second kappa shape index (κ2) is 5.31. The Labute approximate surface area is 96.9 Å². The van der Waals surface area contributed by atoms with E-state index in [-0.39, 0.29) is 0 Å². The summed E-state index contributed by atoms with van der Waals surface area (Å²) in [5, 5.41) is 18.0. The molecule has 0 aromatic heterocycles. The summed E-state index contributed by atoms with van der Waals surface area (Å²) < 4.78 is 0. The number of nitriles is 1. The molecule has 0 bridgehead atoms. The van der Waals surface area contributed by atoms with E-state index >= 15 is 0 Å². The molecular weight excluding hydrogens is 204 g/mol. The number of piperidine rings is 1. The number of aliphatic carboxylic acids is 1. The summed E-state index contributed by atoms with van der Waals surface area (Å²) in [4.78, 5) is 13.3. The first-order valence-corrected chi connectivity index (χ1v) is 5.87. The zero-order valence-electron chi connectivity index (χ0n) is 10.1. The molecule has 1 N–H and O–H groups in total. The van der Waals surface area contributed by atoms with Crippen LogP contribution < -0.4 is 0 Å². The minimum Gasteiger partial charge on any atom is -0.480 e. The van der Waals surface area contributed by atoms with Gasteiger partial charge in [-0.05, 0) is 31.7 Å². The number of likely N-dealkylation sites (tertiary alicyclic amines) is 1. The largest absolute Gasteiger partial charge is 0.480 e. The fourth-order valence-corrected chi connectivity index (χ4v) is 1.97. The average molecular weight is 224 g/mol. The molecule has 90 valence electrons. The van der Waals surface area contributed by atoms with Crippen LogP contribution in [0.5, 0.6) is 0 Å². The molecule has 0 spiro atoms. The maximum Gasteiger partial charge on any atom is 0.324 e. The molecule has 1 aliphatic rings. The van der Waals surface area contributed by atoms with Gasteiger partial charge in [0, 0.05) is 13.1 Å². The summed E-state index contributed by atoms with van der Waals surface area (Å²) >= 11 is 0. The molecule has 0 aliphatic carbocycles. The van der Waals surface area contributed by atoms with Crippen LogP contribution in [-0.2, 0) is 4.79 Å². The first kappa shape index (κ1) is 13.0. The van der Waals surface area contributed by atoms with Gasteiger partial charge in [-0.1, -0.05) is 13.8 Å². The van der Waals surface area contributed by atoms with Gasteiger partial charge < -0.3 is 10.0 Å². The van der Waals surface area contributed by atoms with Crippen LogP contribution in [0.3, 0.4) is 0 Å². The number of carboxylic acid groups (broad SMARTS) is 1. The Hall–Kier alpha value is -1.08. The molecule has 0 aromatic rings. The van der Waals surface area contributed by atoms with E-state index < -0.39 is 11.4 Å². The highest BCUT2D eigenvalue weighted by Gasteiger charge is 2.41. The Morgan fingerprint density at radius 2 is 2.06 bits per heavy atom. The van der Waals surface area contributed by atoms with Crippen molar-refractivity contribution in [2.24, 2.45) is 11.3 Å². The summed E-state index contributed by atoms with van der Waals surface area (Å²) in [5.41, 5.74) is -1.13. The van der Waals surface area contributed by atoms with Crippen molar-refractivity contribution in [1.29, 1.82) is 5.26 Å². The van der Waals surface area contributed by atoms with Crippen molar-refractivity contribution in [2.45, 2.75) is 33.1 Å². The first-order valence-electron chi connectivity index (χ1n) is 5.87. The highest BCUT2D eigenvalue weighted by molar-refractivity contribution is 5.78. The van der Waals surface area contributed by atoms with E-state index in [1.165, 1.54) is 0 Å². The summed E-state index contributed by atoms with van der Waals surface area (Å²) in [6, 6.07) is 1.98. The van der Waals surface area contributed by atoms with E-state index in [1.807, 2.05) is 6.07 Å². The third-order valence-corrected chi connectivity index (χ3v) is 3.36. The van der Waals surface area contributed by atoms with Crippen LogP contribution in [0.4, 0.5) is 0 Å².